The summed E-state index contributed by atoms with van der Waals surface area (Å²) in [4.78, 5) is 11.8. The zero-order valence-corrected chi connectivity index (χ0v) is 12.1. The summed E-state index contributed by atoms with van der Waals surface area (Å²) < 4.78 is 0.700. The summed E-state index contributed by atoms with van der Waals surface area (Å²) in [5.41, 5.74) is 0.830. The number of halogens is 2. The lowest BCUT2D eigenvalue weighted by Gasteiger charge is -1.89. The molecule has 2 rings (SSSR count). The summed E-state index contributed by atoms with van der Waals surface area (Å²) in [6.45, 7) is 0. The number of hydrogen-bond donors (Lipinski definition) is 1. The van der Waals surface area contributed by atoms with Crippen LogP contribution in [0.25, 0.3) is 0 Å². The van der Waals surface area contributed by atoms with Gasteiger partial charge in [0.2, 0.25) is 0 Å². The fraction of sp³-hybridized carbons (Fsp3) is 0. The van der Waals surface area contributed by atoms with Gasteiger partial charge < -0.3 is 5.11 Å². The van der Waals surface area contributed by atoms with Crippen LogP contribution >= 0.6 is 38.9 Å². The fourth-order valence-electron chi connectivity index (χ4n) is 1.22. The van der Waals surface area contributed by atoms with Gasteiger partial charge in [-0.15, -0.1) is 11.3 Å². The highest BCUT2D eigenvalue weighted by Crippen LogP contribution is 2.26. The van der Waals surface area contributed by atoms with Gasteiger partial charge in [0.25, 0.3) is 0 Å². The molecular weight excluding hydrogens is 336 g/mol. The molecule has 0 aliphatic rings. The van der Waals surface area contributed by atoms with Crippen molar-refractivity contribution in [1.29, 1.82) is 0 Å². The van der Waals surface area contributed by atoms with E-state index in [2.05, 4.69) is 27.8 Å². The number of carboxylic acid groups (broad SMARTS) is 1. The van der Waals surface area contributed by atoms with Crippen molar-refractivity contribution in [1.82, 2.24) is 0 Å². The number of benzene rings is 1. The van der Waals surface area contributed by atoms with Crippen LogP contribution in [0.3, 0.4) is 0 Å². The van der Waals surface area contributed by atoms with Crippen LogP contribution in [0.2, 0.25) is 5.02 Å². The van der Waals surface area contributed by atoms with Crippen LogP contribution < -0.4 is 0 Å². The van der Waals surface area contributed by atoms with E-state index in [1.807, 2.05) is 12.1 Å². The fourth-order valence-corrected chi connectivity index (χ4v) is 2.81. The van der Waals surface area contributed by atoms with Crippen molar-refractivity contribution < 1.29 is 9.90 Å². The van der Waals surface area contributed by atoms with Crippen LogP contribution in [0.5, 0.6) is 0 Å². The molecule has 0 atom stereocenters. The number of thiophene rings is 1. The molecule has 0 fully saturated rings. The minimum Gasteiger partial charge on any atom is -0.477 e. The molecule has 0 unspecified atom stereocenters. The molecule has 0 amide bonds. The van der Waals surface area contributed by atoms with E-state index in [1.54, 1.807) is 18.2 Å². The molecule has 0 saturated heterocycles. The summed E-state index contributed by atoms with van der Waals surface area (Å²) >= 11 is 10.2. The van der Waals surface area contributed by atoms with E-state index < -0.39 is 5.97 Å². The van der Waals surface area contributed by atoms with Gasteiger partial charge in [-0.3, -0.25) is 0 Å². The van der Waals surface area contributed by atoms with Crippen LogP contribution in [0.15, 0.2) is 34.8 Å². The summed E-state index contributed by atoms with van der Waals surface area (Å²) in [6, 6.07) is 8.71. The predicted octanol–water partition coefficient (Wildman–Crippen LogP) is 4.26. The maximum Gasteiger partial charge on any atom is 0.345 e. The van der Waals surface area contributed by atoms with Gasteiger partial charge in [0.05, 0.1) is 4.88 Å². The first-order valence-electron chi connectivity index (χ1n) is 4.86. The van der Waals surface area contributed by atoms with Crippen LogP contribution in [0, 0.1) is 11.8 Å². The van der Waals surface area contributed by atoms with E-state index in [0.29, 0.717) is 14.4 Å². The average molecular weight is 342 g/mol. The van der Waals surface area contributed by atoms with Crippen molar-refractivity contribution in [3.63, 3.8) is 0 Å². The van der Waals surface area contributed by atoms with Gasteiger partial charge in [-0.25, -0.2) is 4.79 Å². The number of carboxylic acids is 1. The Kier molecular flexibility index (Phi) is 4.07. The van der Waals surface area contributed by atoms with Crippen molar-refractivity contribution in [3.8, 4) is 11.8 Å². The smallest absolute Gasteiger partial charge is 0.345 e. The molecule has 1 aromatic heterocycles. The molecule has 0 aliphatic heterocycles. The van der Waals surface area contributed by atoms with Crippen LogP contribution in [-0.2, 0) is 0 Å². The Morgan fingerprint density at radius 3 is 2.50 bits per heavy atom. The van der Waals surface area contributed by atoms with E-state index in [1.165, 1.54) is 0 Å². The highest BCUT2D eigenvalue weighted by Gasteiger charge is 2.10. The van der Waals surface area contributed by atoms with E-state index in [9.17, 15) is 4.79 Å². The Balaban J connectivity index is 2.29. The number of rotatable bonds is 1. The number of aromatic carboxylic acids is 1. The molecule has 90 valence electrons. The molecule has 2 nitrogen and oxygen atoms in total. The molecule has 0 radical (unpaired) electrons. The highest BCUT2D eigenvalue weighted by molar-refractivity contribution is 9.10. The lowest BCUT2D eigenvalue weighted by molar-refractivity contribution is 0.0702. The maximum atomic E-state index is 10.8. The Morgan fingerprint density at radius 2 is 1.94 bits per heavy atom. The van der Waals surface area contributed by atoms with Gasteiger partial charge in [-0.2, -0.15) is 0 Å². The largest absolute Gasteiger partial charge is 0.477 e. The normalized spacial score (nSPS) is 9.67. The van der Waals surface area contributed by atoms with Crippen LogP contribution in [0.4, 0.5) is 0 Å². The molecular formula is C13H6BrClO2S. The zero-order valence-electron chi connectivity index (χ0n) is 8.91. The quantitative estimate of drug-likeness (QED) is 0.787. The lowest BCUT2D eigenvalue weighted by atomic mass is 10.2. The number of carbonyl (C=O) groups is 1. The minimum absolute atomic E-state index is 0.266. The van der Waals surface area contributed by atoms with Crippen LogP contribution in [-0.4, -0.2) is 11.1 Å². The Morgan fingerprint density at radius 1 is 1.28 bits per heavy atom. The Bertz CT molecular complexity index is 650. The summed E-state index contributed by atoms with van der Waals surface area (Å²) in [5, 5.41) is 9.52. The Labute approximate surface area is 121 Å². The second-order valence-electron chi connectivity index (χ2n) is 3.35. The monoisotopic (exact) mass is 340 g/mol. The van der Waals surface area contributed by atoms with E-state index in [0.717, 1.165) is 16.9 Å². The second-order valence-corrected chi connectivity index (χ2v) is 5.69. The third kappa shape index (κ3) is 3.14. The van der Waals surface area contributed by atoms with E-state index in [4.69, 9.17) is 16.7 Å². The highest BCUT2D eigenvalue weighted by atomic mass is 79.9. The number of hydrogen-bond acceptors (Lipinski definition) is 2. The van der Waals surface area contributed by atoms with Gasteiger partial charge in [0.1, 0.15) is 4.88 Å². The van der Waals surface area contributed by atoms with E-state index >= 15 is 0 Å². The van der Waals surface area contributed by atoms with Crippen molar-refractivity contribution in [2.45, 2.75) is 0 Å². The van der Waals surface area contributed by atoms with Crippen molar-refractivity contribution in [3.05, 3.63) is 55.1 Å². The Hall–Kier alpha value is -1.28. The molecule has 18 heavy (non-hydrogen) atoms. The van der Waals surface area contributed by atoms with Crippen LogP contribution in [0.1, 0.15) is 20.1 Å². The summed E-state index contributed by atoms with van der Waals surface area (Å²) in [7, 11) is 0. The summed E-state index contributed by atoms with van der Waals surface area (Å²) in [5.74, 6) is 4.96. The van der Waals surface area contributed by atoms with E-state index in [-0.39, 0.29) is 4.88 Å². The third-order valence-electron chi connectivity index (χ3n) is 2.06. The molecule has 1 aromatic carbocycles. The molecule has 1 heterocycles. The van der Waals surface area contributed by atoms with Crippen molar-refractivity contribution in [2.75, 3.05) is 0 Å². The molecule has 0 spiro atoms. The SMILES string of the molecule is O=C(O)c1cc(Br)c(C#Cc2ccc(Cl)cc2)s1. The molecule has 0 aliphatic carbocycles. The maximum absolute atomic E-state index is 10.8. The van der Waals surface area contributed by atoms with Crippen molar-refractivity contribution >= 4 is 44.8 Å². The summed E-state index contributed by atoms with van der Waals surface area (Å²) in [6.07, 6.45) is 0. The predicted molar refractivity (Wildman–Crippen MR) is 76.4 cm³/mol. The minimum atomic E-state index is -0.944. The van der Waals surface area contributed by atoms with Gasteiger partial charge in [0, 0.05) is 15.1 Å². The second kappa shape index (κ2) is 5.57. The third-order valence-corrected chi connectivity index (χ3v) is 4.24. The standard InChI is InChI=1S/C13H6BrClO2S/c14-10-7-12(13(16)17)18-11(10)6-3-8-1-4-9(15)5-2-8/h1-2,4-5,7H,(H,16,17). The average Bonchev–Trinajstić information content (AvgIpc) is 2.70. The van der Waals surface area contributed by atoms with Crippen molar-refractivity contribution in [2.24, 2.45) is 0 Å². The molecule has 2 aromatic rings. The topological polar surface area (TPSA) is 37.3 Å². The lowest BCUT2D eigenvalue weighted by Crippen LogP contribution is -1.89. The molecule has 0 saturated carbocycles. The first kappa shape index (κ1) is 13.2. The van der Waals surface area contributed by atoms with Gasteiger partial charge in [0.15, 0.2) is 0 Å². The molecule has 0 bridgehead atoms. The molecule has 5 heteroatoms. The van der Waals surface area contributed by atoms with Gasteiger partial charge in [-0.1, -0.05) is 17.5 Å². The first-order valence-corrected chi connectivity index (χ1v) is 6.85. The zero-order chi connectivity index (χ0) is 13.1. The van der Waals surface area contributed by atoms with Gasteiger partial charge in [-0.05, 0) is 52.2 Å². The molecule has 1 N–H and O–H groups in total. The first-order chi connectivity index (χ1) is 8.56. The van der Waals surface area contributed by atoms with Gasteiger partial charge >= 0.3 is 5.97 Å².